The van der Waals surface area contributed by atoms with Crippen LogP contribution in [0.25, 0.3) is 10.9 Å². The molecule has 29 heavy (non-hydrogen) atoms. The van der Waals surface area contributed by atoms with Crippen molar-refractivity contribution >= 4 is 22.6 Å². The third-order valence-electron chi connectivity index (χ3n) is 5.51. The summed E-state index contributed by atoms with van der Waals surface area (Å²) in [6.45, 7) is 7.91. The Morgan fingerprint density at radius 2 is 1.97 bits per heavy atom. The molecule has 0 aliphatic carbocycles. The van der Waals surface area contributed by atoms with Gasteiger partial charge in [0.1, 0.15) is 11.4 Å². The molecule has 3 heterocycles. The smallest absolute Gasteiger partial charge is 0.322 e. The highest BCUT2D eigenvalue weighted by Gasteiger charge is 2.22. The van der Waals surface area contributed by atoms with Gasteiger partial charge in [0, 0.05) is 37.8 Å². The van der Waals surface area contributed by atoms with Gasteiger partial charge in [-0.05, 0) is 50.9 Å². The number of nitrogens with one attached hydrogen (secondary N) is 1. The van der Waals surface area contributed by atoms with Gasteiger partial charge in [0.15, 0.2) is 5.76 Å². The fraction of sp³-hybridized carbons (Fsp3) is 0.409. The summed E-state index contributed by atoms with van der Waals surface area (Å²) in [5.41, 5.74) is 3.71. The number of aryl methyl sites for hydroxylation is 3. The summed E-state index contributed by atoms with van der Waals surface area (Å²) in [7, 11) is 0. The number of piperazine rings is 1. The summed E-state index contributed by atoms with van der Waals surface area (Å²) in [6.07, 6.45) is 4.09. The molecule has 1 aromatic carbocycles. The van der Waals surface area contributed by atoms with Gasteiger partial charge < -0.3 is 14.7 Å². The van der Waals surface area contributed by atoms with E-state index in [-0.39, 0.29) is 6.03 Å². The summed E-state index contributed by atoms with van der Waals surface area (Å²) in [5, 5.41) is 8.01. The number of amides is 2. The van der Waals surface area contributed by atoms with E-state index >= 15 is 0 Å². The molecule has 4 rings (SSSR count). The third kappa shape index (κ3) is 4.56. The number of carbonyl (C=O) groups is 1. The largest absolute Gasteiger partial charge is 0.359 e. The minimum atomic E-state index is -0.0821. The molecule has 2 amide bonds. The molecule has 0 saturated carbocycles. The fourth-order valence-electron chi connectivity index (χ4n) is 3.78. The minimum Gasteiger partial charge on any atom is -0.359 e. The van der Waals surface area contributed by atoms with Gasteiger partial charge in [-0.1, -0.05) is 23.4 Å². The summed E-state index contributed by atoms with van der Waals surface area (Å²) in [5.74, 6) is 0.637. The second-order valence-electron chi connectivity index (χ2n) is 7.60. The van der Waals surface area contributed by atoms with Crippen molar-refractivity contribution in [1.82, 2.24) is 19.9 Å². The van der Waals surface area contributed by atoms with Crippen molar-refractivity contribution in [2.75, 3.05) is 38.0 Å². The molecule has 1 N–H and O–H groups in total. The quantitative estimate of drug-likeness (QED) is 0.717. The Labute approximate surface area is 170 Å². The molecule has 7 nitrogen and oxygen atoms in total. The first kappa shape index (κ1) is 19.4. The molecule has 3 aromatic rings. The average molecular weight is 393 g/mol. The number of carbonyl (C=O) groups excluding carboxylic acids is 1. The first-order chi connectivity index (χ1) is 14.1. The summed E-state index contributed by atoms with van der Waals surface area (Å²) < 4.78 is 5.11. The number of pyridine rings is 1. The molecule has 0 unspecified atom stereocenters. The van der Waals surface area contributed by atoms with Gasteiger partial charge in [0.25, 0.3) is 0 Å². The predicted octanol–water partition coefficient (Wildman–Crippen LogP) is 3.62. The van der Waals surface area contributed by atoms with Crippen LogP contribution in [0.1, 0.15) is 23.4 Å². The standard InChI is InChI=1S/C22H27N5O2/c1-16-21(17(2)29-25-16)24-22(28)27-12-10-26(11-13-27)9-5-6-18-14-19-7-3-4-8-20(19)23-15-18/h3-4,7-8,14-15H,5-6,9-13H2,1-2H3,(H,24,28). The van der Waals surface area contributed by atoms with Crippen LogP contribution in [0.15, 0.2) is 41.1 Å². The molecular weight excluding hydrogens is 366 g/mol. The monoisotopic (exact) mass is 393 g/mol. The molecule has 0 atom stereocenters. The zero-order valence-electron chi connectivity index (χ0n) is 17.0. The second-order valence-corrected chi connectivity index (χ2v) is 7.60. The van der Waals surface area contributed by atoms with Crippen molar-refractivity contribution in [3.63, 3.8) is 0 Å². The lowest BCUT2D eigenvalue weighted by Crippen LogP contribution is -2.50. The van der Waals surface area contributed by atoms with E-state index in [9.17, 15) is 4.79 Å². The van der Waals surface area contributed by atoms with E-state index < -0.39 is 0 Å². The van der Waals surface area contributed by atoms with E-state index in [0.29, 0.717) is 17.1 Å². The second kappa shape index (κ2) is 8.61. The number of fused-ring (bicyclic) bond motifs is 1. The summed E-state index contributed by atoms with van der Waals surface area (Å²) in [4.78, 5) is 21.3. The average Bonchev–Trinajstić information content (AvgIpc) is 3.06. The maximum atomic E-state index is 12.5. The maximum absolute atomic E-state index is 12.5. The highest BCUT2D eigenvalue weighted by molar-refractivity contribution is 5.90. The van der Waals surface area contributed by atoms with Crippen LogP contribution in [0.2, 0.25) is 0 Å². The van der Waals surface area contributed by atoms with Gasteiger partial charge in [-0.3, -0.25) is 9.88 Å². The lowest BCUT2D eigenvalue weighted by molar-refractivity contribution is 0.146. The predicted molar refractivity (Wildman–Crippen MR) is 113 cm³/mol. The first-order valence-corrected chi connectivity index (χ1v) is 10.1. The Morgan fingerprint density at radius 1 is 1.17 bits per heavy atom. The van der Waals surface area contributed by atoms with Crippen LogP contribution in [0.3, 0.4) is 0 Å². The van der Waals surface area contributed by atoms with E-state index in [2.05, 4.69) is 38.6 Å². The Balaban J connectivity index is 1.22. The van der Waals surface area contributed by atoms with Gasteiger partial charge in [0.2, 0.25) is 0 Å². The van der Waals surface area contributed by atoms with Crippen LogP contribution in [0, 0.1) is 13.8 Å². The number of rotatable bonds is 5. The van der Waals surface area contributed by atoms with E-state index in [1.165, 1.54) is 10.9 Å². The Morgan fingerprint density at radius 3 is 2.72 bits per heavy atom. The zero-order valence-corrected chi connectivity index (χ0v) is 17.0. The van der Waals surface area contributed by atoms with Crippen molar-refractivity contribution in [3.8, 4) is 0 Å². The van der Waals surface area contributed by atoms with Gasteiger partial charge >= 0.3 is 6.03 Å². The Hall–Kier alpha value is -2.93. The maximum Gasteiger partial charge on any atom is 0.322 e. The van der Waals surface area contributed by atoms with Crippen molar-refractivity contribution in [2.45, 2.75) is 26.7 Å². The lowest BCUT2D eigenvalue weighted by atomic mass is 10.1. The summed E-state index contributed by atoms with van der Waals surface area (Å²) in [6, 6.07) is 10.4. The molecule has 1 aliphatic heterocycles. The first-order valence-electron chi connectivity index (χ1n) is 10.1. The van der Waals surface area contributed by atoms with E-state index in [0.717, 1.165) is 51.1 Å². The molecule has 0 bridgehead atoms. The molecule has 1 fully saturated rings. The third-order valence-corrected chi connectivity index (χ3v) is 5.51. The highest BCUT2D eigenvalue weighted by atomic mass is 16.5. The molecule has 7 heteroatoms. The van der Waals surface area contributed by atoms with E-state index in [1.807, 2.05) is 30.2 Å². The Bertz CT molecular complexity index is 972. The van der Waals surface area contributed by atoms with Crippen molar-refractivity contribution in [1.29, 1.82) is 0 Å². The normalized spacial score (nSPS) is 15.0. The molecule has 1 aliphatic rings. The van der Waals surface area contributed by atoms with Gasteiger partial charge in [0.05, 0.1) is 5.52 Å². The van der Waals surface area contributed by atoms with Crippen molar-refractivity contribution in [3.05, 3.63) is 53.5 Å². The van der Waals surface area contributed by atoms with Gasteiger partial charge in [-0.25, -0.2) is 4.79 Å². The SMILES string of the molecule is Cc1noc(C)c1NC(=O)N1CCN(CCCc2cnc3ccccc3c2)CC1. The number of nitrogens with zero attached hydrogens (tertiary/aromatic N) is 4. The fourth-order valence-corrected chi connectivity index (χ4v) is 3.78. The molecule has 152 valence electrons. The number of hydrogen-bond acceptors (Lipinski definition) is 5. The molecule has 0 radical (unpaired) electrons. The molecule has 1 saturated heterocycles. The zero-order chi connectivity index (χ0) is 20.2. The van der Waals surface area contributed by atoms with Crippen molar-refractivity contribution < 1.29 is 9.32 Å². The number of benzene rings is 1. The topological polar surface area (TPSA) is 74.5 Å². The van der Waals surface area contributed by atoms with Crippen LogP contribution in [0.4, 0.5) is 10.5 Å². The van der Waals surface area contributed by atoms with Crippen molar-refractivity contribution in [2.24, 2.45) is 0 Å². The van der Waals surface area contributed by atoms with Gasteiger partial charge in [-0.15, -0.1) is 0 Å². The number of para-hydroxylation sites is 1. The van der Waals surface area contributed by atoms with Crippen LogP contribution in [-0.2, 0) is 6.42 Å². The van der Waals surface area contributed by atoms with Crippen LogP contribution in [-0.4, -0.2) is 58.7 Å². The molecular formula is C22H27N5O2. The van der Waals surface area contributed by atoms with Crippen LogP contribution >= 0.6 is 0 Å². The number of aromatic nitrogens is 2. The highest BCUT2D eigenvalue weighted by Crippen LogP contribution is 2.19. The number of anilines is 1. The number of hydrogen-bond donors (Lipinski definition) is 1. The van der Waals surface area contributed by atoms with Gasteiger partial charge in [-0.2, -0.15) is 0 Å². The van der Waals surface area contributed by atoms with E-state index in [1.54, 1.807) is 6.92 Å². The minimum absolute atomic E-state index is 0.0821. The Kier molecular flexibility index (Phi) is 5.76. The molecule has 0 spiro atoms. The molecule has 2 aromatic heterocycles. The summed E-state index contributed by atoms with van der Waals surface area (Å²) >= 11 is 0. The van der Waals surface area contributed by atoms with Crippen LogP contribution < -0.4 is 5.32 Å². The lowest BCUT2D eigenvalue weighted by Gasteiger charge is -2.34. The van der Waals surface area contributed by atoms with Crippen LogP contribution in [0.5, 0.6) is 0 Å². The number of urea groups is 1. The van der Waals surface area contributed by atoms with E-state index in [4.69, 9.17) is 4.52 Å².